The van der Waals surface area contributed by atoms with Crippen molar-refractivity contribution in [3.8, 4) is 0 Å². The molecular weight excluding hydrogens is 292 g/mol. The largest absolute Gasteiger partial charge is 0.481 e. The summed E-state index contributed by atoms with van der Waals surface area (Å²) in [6, 6.07) is -0.442. The molecule has 0 saturated heterocycles. The van der Waals surface area contributed by atoms with E-state index in [1.165, 1.54) is 13.8 Å². The van der Waals surface area contributed by atoms with Crippen molar-refractivity contribution in [1.82, 2.24) is 10.6 Å². The summed E-state index contributed by atoms with van der Waals surface area (Å²) in [4.78, 5) is 34.3. The molecule has 0 aliphatic heterocycles. The maximum absolute atomic E-state index is 11.7. The fourth-order valence-electron chi connectivity index (χ4n) is 2.33. The van der Waals surface area contributed by atoms with Crippen LogP contribution in [0.25, 0.3) is 0 Å². The second-order valence-electron chi connectivity index (χ2n) is 5.97. The number of carbonyl (C=O) groups is 3. The maximum atomic E-state index is 11.7. The topological polar surface area (TPSA) is 95.5 Å². The van der Waals surface area contributed by atoms with Gasteiger partial charge in [-0.25, -0.2) is 4.79 Å². The zero-order valence-corrected chi connectivity index (χ0v) is 13.6. The van der Waals surface area contributed by atoms with Crippen molar-refractivity contribution in [3.63, 3.8) is 0 Å². The predicted molar refractivity (Wildman–Crippen MR) is 82.3 cm³/mol. The Morgan fingerprint density at radius 1 is 1.29 bits per heavy atom. The fraction of sp³-hybridized carbons (Fsp3) is 0.786. The molecule has 1 aliphatic carbocycles. The predicted octanol–water partition coefficient (Wildman–Crippen LogP) is 1.99. The summed E-state index contributed by atoms with van der Waals surface area (Å²) in [5, 5.41) is 14.5. The van der Waals surface area contributed by atoms with Crippen molar-refractivity contribution in [3.05, 3.63) is 0 Å². The minimum atomic E-state index is -1.18. The lowest BCUT2D eigenvalue weighted by Crippen LogP contribution is -2.45. The van der Waals surface area contributed by atoms with Gasteiger partial charge in [0.2, 0.25) is 5.91 Å². The third-order valence-electron chi connectivity index (χ3n) is 3.56. The number of nitrogens with one attached hydrogen (secondary N) is 2. The smallest absolute Gasteiger partial charge is 0.321 e. The fourth-order valence-corrected chi connectivity index (χ4v) is 3.47. The second kappa shape index (κ2) is 7.68. The van der Waals surface area contributed by atoms with E-state index in [1.54, 1.807) is 0 Å². The van der Waals surface area contributed by atoms with Gasteiger partial charge in [-0.05, 0) is 38.9 Å². The Bertz CT molecular complexity index is 412. The van der Waals surface area contributed by atoms with Gasteiger partial charge < -0.3 is 10.4 Å². The van der Waals surface area contributed by atoms with Gasteiger partial charge in [0.1, 0.15) is 0 Å². The first kappa shape index (κ1) is 17.8. The van der Waals surface area contributed by atoms with E-state index in [2.05, 4.69) is 17.6 Å². The molecule has 1 fully saturated rings. The van der Waals surface area contributed by atoms with Crippen LogP contribution in [0.4, 0.5) is 4.79 Å². The first-order valence-corrected chi connectivity index (χ1v) is 8.24. The highest BCUT2D eigenvalue weighted by atomic mass is 32.2. The molecule has 120 valence electrons. The van der Waals surface area contributed by atoms with Crippen LogP contribution in [0.5, 0.6) is 0 Å². The lowest BCUT2D eigenvalue weighted by atomic mass is 9.89. The molecule has 7 heteroatoms. The van der Waals surface area contributed by atoms with Crippen LogP contribution in [0, 0.1) is 5.41 Å². The Kier molecular flexibility index (Phi) is 6.51. The van der Waals surface area contributed by atoms with Crippen molar-refractivity contribution in [2.24, 2.45) is 5.41 Å². The van der Waals surface area contributed by atoms with Crippen LogP contribution in [0.3, 0.4) is 0 Å². The van der Waals surface area contributed by atoms with Gasteiger partial charge in [-0.3, -0.25) is 14.9 Å². The van der Waals surface area contributed by atoms with Crippen molar-refractivity contribution in [2.45, 2.75) is 57.7 Å². The molecule has 1 aliphatic rings. The van der Waals surface area contributed by atoms with Gasteiger partial charge in [-0.2, -0.15) is 11.8 Å². The molecule has 2 atom stereocenters. The van der Waals surface area contributed by atoms with E-state index in [1.807, 2.05) is 11.8 Å². The van der Waals surface area contributed by atoms with E-state index in [-0.39, 0.29) is 12.5 Å². The average molecular weight is 316 g/mol. The monoisotopic (exact) mass is 316 g/mol. The highest BCUT2D eigenvalue weighted by Gasteiger charge is 2.31. The van der Waals surface area contributed by atoms with Gasteiger partial charge in [0, 0.05) is 17.7 Å². The van der Waals surface area contributed by atoms with E-state index in [9.17, 15) is 14.4 Å². The number of hydrogen-bond acceptors (Lipinski definition) is 4. The summed E-state index contributed by atoms with van der Waals surface area (Å²) in [6.45, 7) is 5.02. The molecule has 0 aromatic carbocycles. The summed E-state index contributed by atoms with van der Waals surface area (Å²) < 4.78 is 0. The Labute approximate surface area is 129 Å². The lowest BCUT2D eigenvalue weighted by molar-refractivity contribution is -0.149. The summed E-state index contributed by atoms with van der Waals surface area (Å²) in [7, 11) is 0. The molecule has 1 rings (SSSR count). The summed E-state index contributed by atoms with van der Waals surface area (Å²) in [5.41, 5.74) is -1.18. The normalized spacial score (nSPS) is 21.9. The first-order chi connectivity index (χ1) is 9.74. The molecule has 2 unspecified atom stereocenters. The molecule has 3 amide bonds. The minimum Gasteiger partial charge on any atom is -0.481 e. The van der Waals surface area contributed by atoms with Crippen molar-refractivity contribution < 1.29 is 19.5 Å². The number of urea groups is 1. The molecule has 0 radical (unpaired) electrons. The molecule has 0 heterocycles. The molecule has 0 spiro atoms. The van der Waals surface area contributed by atoms with E-state index < -0.39 is 23.3 Å². The van der Waals surface area contributed by atoms with Crippen molar-refractivity contribution in [2.75, 3.05) is 5.75 Å². The van der Waals surface area contributed by atoms with Crippen LogP contribution in [0.2, 0.25) is 0 Å². The Balaban J connectivity index is 2.34. The van der Waals surface area contributed by atoms with Crippen LogP contribution in [0.15, 0.2) is 0 Å². The third-order valence-corrected chi connectivity index (χ3v) is 4.79. The third kappa shape index (κ3) is 5.95. The summed E-state index contributed by atoms with van der Waals surface area (Å²) in [5.74, 6) is -0.572. The number of carboxylic acid groups (broad SMARTS) is 1. The van der Waals surface area contributed by atoms with Gasteiger partial charge in [0.05, 0.1) is 5.41 Å². The maximum Gasteiger partial charge on any atom is 0.321 e. The number of carboxylic acids is 1. The van der Waals surface area contributed by atoms with Crippen LogP contribution in [-0.4, -0.2) is 40.1 Å². The molecule has 0 bridgehead atoms. The molecule has 0 aromatic rings. The molecule has 3 N–H and O–H groups in total. The standard InChI is InChI=1S/C14H24N2O4S/c1-4-21-10-6-5-9(7-10)15-13(20)16-11(17)8-14(2,3)12(18)19/h9-10H,4-8H2,1-3H3,(H,18,19)(H2,15,16,17,20). The Morgan fingerprint density at radius 3 is 2.52 bits per heavy atom. The lowest BCUT2D eigenvalue weighted by Gasteiger charge is -2.18. The van der Waals surface area contributed by atoms with E-state index in [0.717, 1.165) is 25.0 Å². The first-order valence-electron chi connectivity index (χ1n) is 7.20. The number of carbonyl (C=O) groups excluding carboxylic acids is 2. The minimum absolute atomic E-state index is 0.0920. The summed E-state index contributed by atoms with van der Waals surface area (Å²) >= 11 is 1.89. The molecular formula is C14H24N2O4S. The Morgan fingerprint density at radius 2 is 1.95 bits per heavy atom. The molecule has 1 saturated carbocycles. The number of amides is 3. The van der Waals surface area contributed by atoms with Crippen LogP contribution < -0.4 is 10.6 Å². The highest BCUT2D eigenvalue weighted by Crippen LogP contribution is 2.29. The van der Waals surface area contributed by atoms with E-state index in [4.69, 9.17) is 5.11 Å². The number of thioether (sulfide) groups is 1. The summed E-state index contributed by atoms with van der Waals surface area (Å²) in [6.07, 6.45) is 2.68. The van der Waals surface area contributed by atoms with Gasteiger partial charge in [-0.1, -0.05) is 6.92 Å². The SMILES string of the molecule is CCSC1CCC(NC(=O)NC(=O)CC(C)(C)C(=O)O)C1. The van der Waals surface area contributed by atoms with Crippen LogP contribution in [0.1, 0.15) is 46.5 Å². The molecule has 21 heavy (non-hydrogen) atoms. The van der Waals surface area contributed by atoms with Gasteiger partial charge in [0.25, 0.3) is 0 Å². The molecule has 6 nitrogen and oxygen atoms in total. The van der Waals surface area contributed by atoms with Gasteiger partial charge in [0.15, 0.2) is 0 Å². The quantitative estimate of drug-likeness (QED) is 0.696. The number of hydrogen-bond donors (Lipinski definition) is 3. The zero-order valence-electron chi connectivity index (χ0n) is 12.8. The molecule has 0 aromatic heterocycles. The van der Waals surface area contributed by atoms with E-state index >= 15 is 0 Å². The van der Waals surface area contributed by atoms with Gasteiger partial charge >= 0.3 is 12.0 Å². The number of imide groups is 1. The number of rotatable bonds is 6. The average Bonchev–Trinajstić information content (AvgIpc) is 2.75. The Hall–Kier alpha value is -1.24. The van der Waals surface area contributed by atoms with E-state index in [0.29, 0.717) is 5.25 Å². The van der Waals surface area contributed by atoms with Gasteiger partial charge in [-0.15, -0.1) is 0 Å². The number of aliphatic carboxylic acids is 1. The van der Waals surface area contributed by atoms with Crippen molar-refractivity contribution in [1.29, 1.82) is 0 Å². The van der Waals surface area contributed by atoms with Crippen LogP contribution >= 0.6 is 11.8 Å². The van der Waals surface area contributed by atoms with Crippen molar-refractivity contribution >= 4 is 29.7 Å². The second-order valence-corrected chi connectivity index (χ2v) is 7.55. The zero-order chi connectivity index (χ0) is 16.0. The highest BCUT2D eigenvalue weighted by molar-refractivity contribution is 7.99. The van der Waals surface area contributed by atoms with Crippen LogP contribution in [-0.2, 0) is 9.59 Å².